The number of benzene rings is 1. The largest absolute Gasteiger partial charge is 0.364 e. The molecule has 20 heavy (non-hydrogen) atoms. The van der Waals surface area contributed by atoms with Crippen LogP contribution in [-0.2, 0) is 4.74 Å². The summed E-state index contributed by atoms with van der Waals surface area (Å²) >= 11 is 9.75. The average Bonchev–Trinajstić information content (AvgIpc) is 2.48. The first kappa shape index (κ1) is 14.4. The molecule has 1 aromatic rings. The van der Waals surface area contributed by atoms with E-state index in [0.717, 1.165) is 40.3 Å². The van der Waals surface area contributed by atoms with Crippen LogP contribution in [0.1, 0.15) is 5.56 Å². The van der Waals surface area contributed by atoms with Gasteiger partial charge in [0.05, 0.1) is 30.1 Å². The van der Waals surface area contributed by atoms with Gasteiger partial charge in [-0.05, 0) is 22.0 Å². The molecule has 1 saturated heterocycles. The number of hydrogen-bond acceptors (Lipinski definition) is 6. The first-order valence-electron chi connectivity index (χ1n) is 6.29. The first-order chi connectivity index (χ1) is 9.75. The van der Waals surface area contributed by atoms with Crippen molar-refractivity contribution >= 4 is 57.3 Å². The van der Waals surface area contributed by atoms with Gasteiger partial charge in [0.15, 0.2) is 0 Å². The van der Waals surface area contributed by atoms with E-state index in [4.69, 9.17) is 4.74 Å². The van der Waals surface area contributed by atoms with Gasteiger partial charge in [-0.15, -0.1) is 24.4 Å². The maximum Gasteiger partial charge on any atom is 0.118 e. The summed E-state index contributed by atoms with van der Waals surface area (Å²) in [7, 11) is 0. The van der Waals surface area contributed by atoms with Crippen molar-refractivity contribution in [1.29, 1.82) is 0 Å². The molecule has 3 rings (SSSR count). The zero-order valence-electron chi connectivity index (χ0n) is 10.7. The van der Waals surface area contributed by atoms with Crippen molar-refractivity contribution in [3.8, 4) is 0 Å². The van der Waals surface area contributed by atoms with Gasteiger partial charge in [0.2, 0.25) is 0 Å². The maximum absolute atomic E-state index is 5.50. The van der Waals surface area contributed by atoms with E-state index < -0.39 is 0 Å². The van der Waals surface area contributed by atoms with E-state index in [1.54, 1.807) is 17.3 Å². The van der Waals surface area contributed by atoms with Crippen LogP contribution in [0.4, 0.5) is 5.69 Å². The fraction of sp³-hybridized carbons (Fsp3) is 0.385. The van der Waals surface area contributed by atoms with E-state index in [2.05, 4.69) is 55.8 Å². The monoisotopic (exact) mass is 371 g/mol. The molecule has 2 aliphatic rings. The van der Waals surface area contributed by atoms with Gasteiger partial charge in [0.1, 0.15) is 5.44 Å². The summed E-state index contributed by atoms with van der Waals surface area (Å²) in [6.07, 6.45) is 0. The van der Waals surface area contributed by atoms with Crippen molar-refractivity contribution < 1.29 is 4.74 Å². The highest BCUT2D eigenvalue weighted by molar-refractivity contribution is 9.10. The maximum atomic E-state index is 5.50. The van der Waals surface area contributed by atoms with E-state index in [9.17, 15) is 0 Å². The molecule has 0 radical (unpaired) electrons. The van der Waals surface area contributed by atoms with Crippen LogP contribution >= 0.6 is 40.3 Å². The predicted molar refractivity (Wildman–Crippen MR) is 92.6 cm³/mol. The number of anilines is 1. The minimum Gasteiger partial charge on any atom is -0.364 e. The molecule has 0 N–H and O–H groups in total. The minimum absolute atomic E-state index is 0.0515. The number of rotatable bonds is 2. The molecule has 0 aromatic heterocycles. The number of hydrogen-bond donors (Lipinski definition) is 1. The Kier molecular flexibility index (Phi) is 4.70. The second-order valence-electron chi connectivity index (χ2n) is 4.49. The lowest BCUT2D eigenvalue weighted by Crippen LogP contribution is -2.41. The molecule has 0 bridgehead atoms. The minimum atomic E-state index is -0.0515. The molecule has 1 atom stereocenters. The molecule has 1 fully saturated rings. The van der Waals surface area contributed by atoms with Crippen LogP contribution in [0.15, 0.2) is 32.9 Å². The van der Waals surface area contributed by atoms with Crippen molar-refractivity contribution in [2.24, 2.45) is 10.2 Å². The molecule has 0 amide bonds. The van der Waals surface area contributed by atoms with Crippen LogP contribution in [0.25, 0.3) is 0 Å². The predicted octanol–water partition coefficient (Wildman–Crippen LogP) is 3.02. The number of thiol groups is 1. The van der Waals surface area contributed by atoms with Crippen LogP contribution in [0, 0.1) is 0 Å². The Bertz CT molecular complexity index is 565. The van der Waals surface area contributed by atoms with Crippen molar-refractivity contribution in [2.75, 3.05) is 30.3 Å². The van der Waals surface area contributed by atoms with E-state index in [1.165, 1.54) is 0 Å². The lowest BCUT2D eigenvalue weighted by atomic mass is 10.1. The molecule has 7 heteroatoms. The highest BCUT2D eigenvalue weighted by Gasteiger charge is 2.23. The number of thioether (sulfide) groups is 1. The zero-order chi connectivity index (χ0) is 13.9. The Morgan fingerprint density at radius 1 is 1.45 bits per heavy atom. The molecule has 0 spiro atoms. The smallest absolute Gasteiger partial charge is 0.118 e. The normalized spacial score (nSPS) is 22.8. The molecular formula is C13H14BrN3OS2. The Labute approximate surface area is 136 Å². The highest BCUT2D eigenvalue weighted by atomic mass is 79.9. The lowest BCUT2D eigenvalue weighted by molar-refractivity contribution is 0.0996. The second-order valence-corrected chi connectivity index (χ2v) is 6.75. The van der Waals surface area contributed by atoms with Gasteiger partial charge in [0.25, 0.3) is 0 Å². The van der Waals surface area contributed by atoms with Crippen LogP contribution in [0.3, 0.4) is 0 Å². The van der Waals surface area contributed by atoms with Gasteiger partial charge in [-0.25, -0.2) is 0 Å². The van der Waals surface area contributed by atoms with Gasteiger partial charge in [-0.1, -0.05) is 12.1 Å². The summed E-state index contributed by atoms with van der Waals surface area (Å²) in [6, 6.07) is 6.19. The van der Waals surface area contributed by atoms with Crippen LogP contribution in [-0.4, -0.2) is 42.1 Å². The van der Waals surface area contributed by atoms with Crippen molar-refractivity contribution in [2.45, 2.75) is 5.44 Å². The van der Waals surface area contributed by atoms with Crippen LogP contribution < -0.4 is 4.90 Å². The highest BCUT2D eigenvalue weighted by Crippen LogP contribution is 2.33. The molecule has 1 aromatic carbocycles. The summed E-state index contributed by atoms with van der Waals surface area (Å²) in [5.74, 6) is 0.849. The van der Waals surface area contributed by atoms with Gasteiger partial charge >= 0.3 is 0 Å². The van der Waals surface area contributed by atoms with Gasteiger partial charge < -0.3 is 9.64 Å². The fourth-order valence-corrected chi connectivity index (χ4v) is 3.79. The Balaban J connectivity index is 2.00. The van der Waals surface area contributed by atoms with E-state index in [0.29, 0.717) is 6.61 Å². The molecule has 2 heterocycles. The van der Waals surface area contributed by atoms with Gasteiger partial charge in [0, 0.05) is 22.3 Å². The third kappa shape index (κ3) is 3.05. The Morgan fingerprint density at radius 3 is 3.10 bits per heavy atom. The fourth-order valence-electron chi connectivity index (χ4n) is 2.31. The number of morpholine rings is 1. The van der Waals surface area contributed by atoms with Gasteiger partial charge in [-0.2, -0.15) is 10.2 Å². The topological polar surface area (TPSA) is 37.2 Å². The number of nitrogens with zero attached hydrogens (tertiary/aromatic N) is 3. The summed E-state index contributed by atoms with van der Waals surface area (Å²) in [5.41, 5.74) is 5.03. The summed E-state index contributed by atoms with van der Waals surface area (Å²) in [5, 5.41) is 8.30. The molecule has 0 saturated carbocycles. The van der Waals surface area contributed by atoms with E-state index in [-0.39, 0.29) is 5.44 Å². The third-order valence-electron chi connectivity index (χ3n) is 3.18. The molecular weight excluding hydrogens is 358 g/mol. The van der Waals surface area contributed by atoms with Crippen molar-refractivity contribution in [1.82, 2.24) is 0 Å². The summed E-state index contributed by atoms with van der Waals surface area (Å²) < 4.78 is 6.57. The van der Waals surface area contributed by atoms with Crippen molar-refractivity contribution in [3.05, 3.63) is 28.2 Å². The second kappa shape index (κ2) is 6.51. The summed E-state index contributed by atoms with van der Waals surface area (Å²) in [6.45, 7) is 2.31. The molecule has 1 unspecified atom stereocenters. The Hall–Kier alpha value is -0.500. The number of halogens is 1. The van der Waals surface area contributed by atoms with E-state index >= 15 is 0 Å². The molecule has 0 aliphatic carbocycles. The average molecular weight is 372 g/mol. The van der Waals surface area contributed by atoms with Crippen molar-refractivity contribution in [3.63, 3.8) is 0 Å². The molecule has 4 nitrogen and oxygen atoms in total. The standard InChI is InChI=1S/C13H14BrN3OS2/c14-10-3-1-2-9(11-7-20-8-15-16-11)13(10)17-4-5-18-12(19)6-17/h1-3,8,12,19H,4-7H2. The number of ether oxygens (including phenoxy) is 1. The van der Waals surface area contributed by atoms with Gasteiger partial charge in [-0.3, -0.25) is 0 Å². The zero-order valence-corrected chi connectivity index (χ0v) is 14.0. The molecule has 106 valence electrons. The van der Waals surface area contributed by atoms with E-state index in [1.807, 2.05) is 6.07 Å². The van der Waals surface area contributed by atoms with Crippen LogP contribution in [0.5, 0.6) is 0 Å². The Morgan fingerprint density at radius 2 is 2.35 bits per heavy atom. The third-order valence-corrected chi connectivity index (χ3v) is 4.82. The summed E-state index contributed by atoms with van der Waals surface area (Å²) in [4.78, 5) is 2.30. The number of para-hydroxylation sites is 1. The quantitative estimate of drug-likeness (QED) is 0.811. The lowest BCUT2D eigenvalue weighted by Gasteiger charge is -2.34. The van der Waals surface area contributed by atoms with Crippen LogP contribution in [0.2, 0.25) is 0 Å². The molecule has 2 aliphatic heterocycles. The SMILES string of the molecule is SC1CN(c2c(Br)cccc2C2=NN=CSC2)CCO1. The first-order valence-corrected chi connectivity index (χ1v) is 8.65.